The molecule has 0 bridgehead atoms. The Kier molecular flexibility index (Phi) is 8.30. The van der Waals surface area contributed by atoms with Gasteiger partial charge in [-0.1, -0.05) is 153 Å². The van der Waals surface area contributed by atoms with E-state index in [1.54, 1.807) is 0 Å². The van der Waals surface area contributed by atoms with Gasteiger partial charge >= 0.3 is 0 Å². The van der Waals surface area contributed by atoms with Crippen LogP contribution in [0.1, 0.15) is 43.6 Å². The number of hydrogen-bond donors (Lipinski definition) is 0. The van der Waals surface area contributed by atoms with Crippen LogP contribution in [0.4, 0.5) is 17.1 Å². The fraction of sp³-hybridized carbons (Fsp3) is 0.115. The van der Waals surface area contributed by atoms with E-state index < -0.39 is 0 Å². The van der Waals surface area contributed by atoms with Gasteiger partial charge in [-0.2, -0.15) is 0 Å². The van der Waals surface area contributed by atoms with Gasteiger partial charge in [0.1, 0.15) is 11.2 Å². The molecule has 0 unspecified atom stereocenters. The molecule has 0 saturated heterocycles. The van der Waals surface area contributed by atoms with Gasteiger partial charge in [0, 0.05) is 33.9 Å². The largest absolute Gasteiger partial charge is 0.456 e. The minimum atomic E-state index is 0.683. The Morgan fingerprint density at radius 3 is 1.74 bits per heavy atom. The third-order valence-electron chi connectivity index (χ3n) is 11.5. The van der Waals surface area contributed by atoms with Gasteiger partial charge in [0.2, 0.25) is 0 Å². The van der Waals surface area contributed by atoms with Crippen LogP contribution >= 0.6 is 0 Å². The van der Waals surface area contributed by atoms with Crippen molar-refractivity contribution < 1.29 is 4.42 Å². The minimum Gasteiger partial charge on any atom is -0.456 e. The van der Waals surface area contributed by atoms with Crippen LogP contribution in [0.2, 0.25) is 0 Å². The van der Waals surface area contributed by atoms with Gasteiger partial charge in [-0.15, -0.1) is 0 Å². The van der Waals surface area contributed by atoms with E-state index in [9.17, 15) is 0 Å². The number of hydrogen-bond acceptors (Lipinski definition) is 2. The van der Waals surface area contributed by atoms with Gasteiger partial charge < -0.3 is 9.32 Å². The highest BCUT2D eigenvalue weighted by Crippen LogP contribution is 2.44. The lowest BCUT2D eigenvalue weighted by atomic mass is 9.83. The second kappa shape index (κ2) is 13.9. The van der Waals surface area contributed by atoms with Crippen molar-refractivity contribution >= 4 is 49.8 Å². The van der Waals surface area contributed by atoms with Crippen LogP contribution in [0, 0.1) is 0 Å². The van der Waals surface area contributed by atoms with Crippen molar-refractivity contribution in [2.24, 2.45) is 0 Å². The van der Waals surface area contributed by atoms with Crippen molar-refractivity contribution in [2.45, 2.75) is 38.0 Å². The van der Waals surface area contributed by atoms with E-state index in [2.05, 4.69) is 175 Å². The first-order valence-corrected chi connectivity index (χ1v) is 19.4. The Morgan fingerprint density at radius 1 is 0.407 bits per heavy atom. The van der Waals surface area contributed by atoms with Crippen molar-refractivity contribution in [2.75, 3.05) is 4.90 Å². The van der Waals surface area contributed by atoms with E-state index in [4.69, 9.17) is 4.42 Å². The lowest BCUT2D eigenvalue weighted by molar-refractivity contribution is 0.444. The molecular formula is C52H41NO. The fourth-order valence-electron chi connectivity index (χ4n) is 8.74. The fourth-order valence-corrected chi connectivity index (χ4v) is 8.74. The quantitative estimate of drug-likeness (QED) is 0.165. The molecule has 54 heavy (non-hydrogen) atoms. The molecule has 2 heteroatoms. The maximum absolute atomic E-state index is 6.42. The molecular weight excluding hydrogens is 655 g/mol. The highest BCUT2D eigenvalue weighted by atomic mass is 16.3. The second-order valence-electron chi connectivity index (χ2n) is 14.7. The van der Waals surface area contributed by atoms with Crippen LogP contribution in [0.15, 0.2) is 186 Å². The molecule has 9 aromatic rings. The molecule has 0 amide bonds. The molecule has 0 radical (unpaired) electrons. The minimum absolute atomic E-state index is 0.683. The molecule has 1 heterocycles. The Labute approximate surface area is 316 Å². The number of para-hydroxylation sites is 1. The third-order valence-corrected chi connectivity index (χ3v) is 11.5. The molecule has 8 aromatic carbocycles. The van der Waals surface area contributed by atoms with E-state index in [1.165, 1.54) is 81.8 Å². The second-order valence-corrected chi connectivity index (χ2v) is 14.7. The van der Waals surface area contributed by atoms with Crippen LogP contribution in [0.3, 0.4) is 0 Å². The molecule has 1 aliphatic carbocycles. The maximum Gasteiger partial charge on any atom is 0.137 e. The maximum atomic E-state index is 6.42. The topological polar surface area (TPSA) is 16.4 Å². The molecule has 2 nitrogen and oxygen atoms in total. The molecule has 0 aliphatic heterocycles. The predicted octanol–water partition coefficient (Wildman–Crippen LogP) is 15.3. The number of rotatable bonds is 7. The smallest absolute Gasteiger partial charge is 0.137 e. The molecule has 0 N–H and O–H groups in total. The summed E-state index contributed by atoms with van der Waals surface area (Å²) < 4.78 is 6.42. The average molecular weight is 696 g/mol. The zero-order chi connectivity index (χ0) is 35.8. The van der Waals surface area contributed by atoms with E-state index in [-0.39, 0.29) is 0 Å². The van der Waals surface area contributed by atoms with Crippen molar-refractivity contribution in [1.82, 2.24) is 0 Å². The summed E-state index contributed by atoms with van der Waals surface area (Å²) >= 11 is 0. The Morgan fingerprint density at radius 2 is 1.00 bits per heavy atom. The van der Waals surface area contributed by atoms with Crippen molar-refractivity contribution in [3.8, 4) is 33.4 Å². The first-order valence-electron chi connectivity index (χ1n) is 19.4. The summed E-state index contributed by atoms with van der Waals surface area (Å²) in [5.74, 6) is 0.683. The first-order chi connectivity index (χ1) is 26.8. The summed E-state index contributed by atoms with van der Waals surface area (Å²) in [5.41, 5.74) is 13.8. The summed E-state index contributed by atoms with van der Waals surface area (Å²) in [7, 11) is 0. The van der Waals surface area contributed by atoms with Gasteiger partial charge in [0.05, 0.1) is 0 Å². The van der Waals surface area contributed by atoms with Crippen LogP contribution in [0.25, 0.3) is 66.1 Å². The van der Waals surface area contributed by atoms with E-state index >= 15 is 0 Å². The number of fused-ring (bicyclic) bond motifs is 4. The molecule has 10 rings (SSSR count). The predicted molar refractivity (Wildman–Crippen MR) is 228 cm³/mol. The summed E-state index contributed by atoms with van der Waals surface area (Å²) in [5, 5.41) is 4.82. The van der Waals surface area contributed by atoms with Crippen LogP contribution in [-0.4, -0.2) is 0 Å². The summed E-state index contributed by atoms with van der Waals surface area (Å²) in [6.07, 6.45) is 6.67. The molecule has 1 fully saturated rings. The SMILES string of the molecule is c1ccc(-c2cccc(-c3ccccc3)c2-c2ccc(N(c3ccc4cc(C5CCCCC5)ccc4c3)c3ccc4c(c3)oc3ccccc34)cc2)cc1. The monoisotopic (exact) mass is 695 g/mol. The number of benzene rings is 8. The van der Waals surface area contributed by atoms with Crippen LogP contribution in [-0.2, 0) is 0 Å². The number of furan rings is 1. The van der Waals surface area contributed by atoms with Gasteiger partial charge in [0.25, 0.3) is 0 Å². The zero-order valence-electron chi connectivity index (χ0n) is 30.3. The molecule has 0 spiro atoms. The van der Waals surface area contributed by atoms with Gasteiger partial charge in [0.15, 0.2) is 0 Å². The Hall–Kier alpha value is -6.38. The number of nitrogens with zero attached hydrogens (tertiary/aromatic N) is 1. The van der Waals surface area contributed by atoms with Crippen molar-refractivity contribution in [3.05, 3.63) is 188 Å². The summed E-state index contributed by atoms with van der Waals surface area (Å²) in [6.45, 7) is 0. The van der Waals surface area contributed by atoms with Gasteiger partial charge in [-0.3, -0.25) is 0 Å². The van der Waals surface area contributed by atoms with Crippen LogP contribution in [0.5, 0.6) is 0 Å². The third kappa shape index (κ3) is 5.94. The lowest BCUT2D eigenvalue weighted by Crippen LogP contribution is -2.10. The first kappa shape index (κ1) is 32.3. The molecule has 1 aliphatic rings. The number of anilines is 3. The van der Waals surface area contributed by atoms with Crippen molar-refractivity contribution in [3.63, 3.8) is 0 Å². The lowest BCUT2D eigenvalue weighted by Gasteiger charge is -2.27. The van der Waals surface area contributed by atoms with Crippen molar-refractivity contribution in [1.29, 1.82) is 0 Å². The average Bonchev–Trinajstić information content (AvgIpc) is 3.62. The highest BCUT2D eigenvalue weighted by molar-refractivity contribution is 6.06. The van der Waals surface area contributed by atoms with Crippen LogP contribution < -0.4 is 4.90 Å². The standard InChI is InChI=1S/C52H41NO/c1-4-13-36(14-5-1)40-23-24-42-34-44(30-27-41(42)33-40)53(45-31-32-49-48-19-10-11-22-50(48)54-51(49)35-45)43-28-25-39(26-29-43)52-46(37-15-6-2-7-16-37)20-12-21-47(52)38-17-8-3-9-18-38/h2-3,6-12,15-36H,1,4-5,13-14H2. The summed E-state index contributed by atoms with van der Waals surface area (Å²) in [6, 6.07) is 66.2. The molecule has 1 aromatic heterocycles. The van der Waals surface area contributed by atoms with E-state index in [0.717, 1.165) is 39.0 Å². The molecule has 260 valence electrons. The van der Waals surface area contributed by atoms with E-state index in [1.807, 2.05) is 12.1 Å². The zero-order valence-corrected chi connectivity index (χ0v) is 30.3. The van der Waals surface area contributed by atoms with Gasteiger partial charge in [-0.25, -0.2) is 0 Å². The normalized spacial score (nSPS) is 13.5. The summed E-state index contributed by atoms with van der Waals surface area (Å²) in [4.78, 5) is 2.37. The Bertz CT molecular complexity index is 2680. The highest BCUT2D eigenvalue weighted by Gasteiger charge is 2.20. The molecule has 1 saturated carbocycles. The molecule has 0 atom stereocenters. The van der Waals surface area contributed by atoms with Gasteiger partial charge in [-0.05, 0) is 111 Å². The van der Waals surface area contributed by atoms with E-state index in [0.29, 0.717) is 5.92 Å². The Balaban J connectivity index is 1.11.